The molecule has 0 amide bonds. The van der Waals surface area contributed by atoms with Gasteiger partial charge in [0.15, 0.2) is 0 Å². The Kier molecular flexibility index (Phi) is 4.59. The highest BCUT2D eigenvalue weighted by molar-refractivity contribution is 5.94. The second-order valence-electron chi connectivity index (χ2n) is 8.33. The number of rotatable bonds is 2. The first-order valence-corrected chi connectivity index (χ1v) is 10.7. The maximum absolute atomic E-state index is 2.50. The Morgan fingerprint density at radius 1 is 0.645 bits per heavy atom. The Bertz CT molecular complexity index is 1260. The summed E-state index contributed by atoms with van der Waals surface area (Å²) in [6, 6.07) is 33.1. The molecule has 4 aromatic rings. The fourth-order valence-electron chi connectivity index (χ4n) is 5.17. The lowest BCUT2D eigenvalue weighted by Gasteiger charge is -2.31. The zero-order valence-corrected chi connectivity index (χ0v) is 17.3. The number of fused-ring (bicyclic) bond motifs is 4. The third-order valence-corrected chi connectivity index (χ3v) is 6.56. The molecule has 2 nitrogen and oxygen atoms in total. The number of nitrogens with zero attached hydrogens (tertiary/aromatic N) is 2. The molecule has 2 heteroatoms. The van der Waals surface area contributed by atoms with E-state index in [0.717, 1.165) is 6.42 Å². The van der Waals surface area contributed by atoms with Crippen LogP contribution in [0.2, 0.25) is 0 Å². The van der Waals surface area contributed by atoms with Crippen molar-refractivity contribution >= 4 is 22.7 Å². The van der Waals surface area contributed by atoms with E-state index in [0.29, 0.717) is 0 Å². The van der Waals surface area contributed by atoms with E-state index < -0.39 is 0 Å². The summed E-state index contributed by atoms with van der Waals surface area (Å²) in [5.74, 6) is 0. The van der Waals surface area contributed by atoms with E-state index in [1.54, 1.807) is 0 Å². The van der Waals surface area contributed by atoms with Crippen molar-refractivity contribution in [1.29, 1.82) is 0 Å². The second-order valence-corrected chi connectivity index (χ2v) is 8.33. The molecule has 2 aliphatic rings. The van der Waals surface area contributed by atoms with Crippen molar-refractivity contribution in [3.63, 3.8) is 0 Å². The van der Waals surface area contributed by atoms with Crippen molar-refractivity contribution in [2.45, 2.75) is 33.9 Å². The summed E-state index contributed by atoms with van der Waals surface area (Å²) >= 11 is 0. The van der Waals surface area contributed by atoms with Crippen LogP contribution in [0.1, 0.15) is 31.0 Å². The van der Waals surface area contributed by atoms with Gasteiger partial charge in [-0.15, -0.1) is 0 Å². The first-order chi connectivity index (χ1) is 14.7. The van der Waals surface area contributed by atoms with Crippen LogP contribution in [0.4, 0.5) is 22.7 Å². The van der Waals surface area contributed by atoms with Gasteiger partial charge in [0, 0.05) is 11.4 Å². The molecule has 0 unspecified atom stereocenters. The van der Waals surface area contributed by atoms with Gasteiger partial charge in [0.05, 0.1) is 11.4 Å². The Balaban J connectivity index is 0.00000204. The summed E-state index contributed by atoms with van der Waals surface area (Å²) in [7, 11) is 0. The standard InChI is InChI=1S/C28H24N2.CH4/c1-19-10-6-9-15-26(19)30-20(2)29(23-12-4-3-5-13-23)27-17-22-16-21-11-7-8-14-24(21)25(22)18-28(27)30;/h3-15,17-18,20H,16H2,1-2H3;1H4/t20-;/m0./s1. The number of hydrogen-bond donors (Lipinski definition) is 0. The van der Waals surface area contributed by atoms with Gasteiger partial charge in [-0.05, 0) is 78.4 Å². The number of para-hydroxylation sites is 2. The molecular formula is C29H28N2. The average molecular weight is 405 g/mol. The predicted octanol–water partition coefficient (Wildman–Crippen LogP) is 7.84. The monoisotopic (exact) mass is 404 g/mol. The summed E-state index contributed by atoms with van der Waals surface area (Å²) in [5, 5.41) is 0. The van der Waals surface area contributed by atoms with Gasteiger partial charge in [-0.3, -0.25) is 0 Å². The van der Waals surface area contributed by atoms with Crippen LogP contribution in [0.5, 0.6) is 0 Å². The molecule has 0 aromatic heterocycles. The molecule has 0 saturated carbocycles. The number of benzene rings is 4. The van der Waals surface area contributed by atoms with E-state index >= 15 is 0 Å². The molecule has 4 aromatic carbocycles. The molecule has 1 aliphatic heterocycles. The summed E-state index contributed by atoms with van der Waals surface area (Å²) in [4.78, 5) is 4.98. The van der Waals surface area contributed by atoms with E-state index in [2.05, 4.69) is 115 Å². The molecule has 31 heavy (non-hydrogen) atoms. The number of anilines is 4. The summed E-state index contributed by atoms with van der Waals surface area (Å²) in [6.45, 7) is 4.51. The molecule has 6 rings (SSSR count). The first-order valence-electron chi connectivity index (χ1n) is 10.7. The summed E-state index contributed by atoms with van der Waals surface area (Å²) in [6.07, 6.45) is 1.21. The molecule has 1 heterocycles. The van der Waals surface area contributed by atoms with Crippen LogP contribution < -0.4 is 9.80 Å². The Labute approximate surface area is 185 Å². The van der Waals surface area contributed by atoms with Gasteiger partial charge < -0.3 is 9.80 Å². The maximum Gasteiger partial charge on any atom is 0.108 e. The van der Waals surface area contributed by atoms with Crippen LogP contribution in [0.15, 0.2) is 91.0 Å². The molecule has 0 saturated heterocycles. The van der Waals surface area contributed by atoms with Gasteiger partial charge in [0.25, 0.3) is 0 Å². The van der Waals surface area contributed by atoms with Gasteiger partial charge in [-0.25, -0.2) is 0 Å². The predicted molar refractivity (Wildman–Crippen MR) is 133 cm³/mol. The van der Waals surface area contributed by atoms with E-state index in [-0.39, 0.29) is 13.6 Å². The summed E-state index contributed by atoms with van der Waals surface area (Å²) in [5.41, 5.74) is 12.0. The molecular weight excluding hydrogens is 376 g/mol. The first kappa shape index (κ1) is 19.4. The highest BCUT2D eigenvalue weighted by atomic mass is 15.4. The van der Waals surface area contributed by atoms with Gasteiger partial charge in [-0.1, -0.05) is 68.1 Å². The van der Waals surface area contributed by atoms with Gasteiger partial charge in [0.1, 0.15) is 6.17 Å². The van der Waals surface area contributed by atoms with Crippen LogP contribution in [-0.2, 0) is 6.42 Å². The SMILES string of the molecule is C.Cc1ccccc1N1c2cc3c(cc2N(c2ccccc2)[C@@H]1C)Cc1ccccc1-3. The lowest BCUT2D eigenvalue weighted by Crippen LogP contribution is -2.35. The van der Waals surface area contributed by atoms with Crippen molar-refractivity contribution in [3.05, 3.63) is 108 Å². The molecule has 0 N–H and O–H groups in total. The van der Waals surface area contributed by atoms with Crippen molar-refractivity contribution < 1.29 is 0 Å². The summed E-state index contributed by atoms with van der Waals surface area (Å²) < 4.78 is 0. The van der Waals surface area contributed by atoms with Crippen LogP contribution >= 0.6 is 0 Å². The highest BCUT2D eigenvalue weighted by Crippen LogP contribution is 2.52. The van der Waals surface area contributed by atoms with Crippen LogP contribution in [0, 0.1) is 6.92 Å². The number of aryl methyl sites for hydroxylation is 1. The van der Waals surface area contributed by atoms with E-state index in [4.69, 9.17) is 0 Å². The molecule has 0 spiro atoms. The van der Waals surface area contributed by atoms with E-state index in [1.165, 1.54) is 50.6 Å². The highest BCUT2D eigenvalue weighted by Gasteiger charge is 2.37. The fourth-order valence-corrected chi connectivity index (χ4v) is 5.17. The molecule has 0 bridgehead atoms. The minimum Gasteiger partial charge on any atom is -0.319 e. The molecule has 0 fully saturated rings. The van der Waals surface area contributed by atoms with Crippen LogP contribution in [0.25, 0.3) is 11.1 Å². The van der Waals surface area contributed by atoms with Gasteiger partial charge >= 0.3 is 0 Å². The lowest BCUT2D eigenvalue weighted by molar-refractivity contribution is 0.759. The van der Waals surface area contributed by atoms with Crippen LogP contribution in [0.3, 0.4) is 0 Å². The largest absolute Gasteiger partial charge is 0.319 e. The number of hydrogen-bond acceptors (Lipinski definition) is 2. The van der Waals surface area contributed by atoms with E-state index in [9.17, 15) is 0 Å². The molecule has 1 atom stereocenters. The molecule has 1 aliphatic carbocycles. The minimum atomic E-state index is 0. The third kappa shape index (κ3) is 2.86. The second kappa shape index (κ2) is 7.31. The van der Waals surface area contributed by atoms with Crippen molar-refractivity contribution in [1.82, 2.24) is 0 Å². The van der Waals surface area contributed by atoms with E-state index in [1.807, 2.05) is 0 Å². The van der Waals surface area contributed by atoms with Crippen LogP contribution in [-0.4, -0.2) is 6.17 Å². The smallest absolute Gasteiger partial charge is 0.108 e. The van der Waals surface area contributed by atoms with Crippen molar-refractivity contribution in [2.75, 3.05) is 9.80 Å². The average Bonchev–Trinajstić information content (AvgIpc) is 3.27. The zero-order valence-electron chi connectivity index (χ0n) is 17.3. The van der Waals surface area contributed by atoms with Crippen molar-refractivity contribution in [2.24, 2.45) is 0 Å². The Morgan fingerprint density at radius 2 is 1.32 bits per heavy atom. The molecule has 0 radical (unpaired) electrons. The minimum absolute atomic E-state index is 0. The van der Waals surface area contributed by atoms with Gasteiger partial charge in [0.2, 0.25) is 0 Å². The van der Waals surface area contributed by atoms with Crippen molar-refractivity contribution in [3.8, 4) is 11.1 Å². The normalized spacial score (nSPS) is 15.9. The Hall–Kier alpha value is -3.52. The molecule has 154 valence electrons. The third-order valence-electron chi connectivity index (χ3n) is 6.56. The van der Waals surface area contributed by atoms with Gasteiger partial charge in [-0.2, -0.15) is 0 Å². The maximum atomic E-state index is 2.50. The topological polar surface area (TPSA) is 6.48 Å². The fraction of sp³-hybridized carbons (Fsp3) is 0.172. The quantitative estimate of drug-likeness (QED) is 0.296. The Morgan fingerprint density at radius 3 is 2.13 bits per heavy atom. The zero-order chi connectivity index (χ0) is 20.2. The lowest BCUT2D eigenvalue weighted by atomic mass is 10.0.